The molecule has 0 aliphatic rings. The van der Waals surface area contributed by atoms with Crippen LogP contribution in [0.25, 0.3) is 0 Å². The van der Waals surface area contributed by atoms with E-state index in [0.717, 1.165) is 5.76 Å². The Morgan fingerprint density at radius 2 is 2.00 bits per heavy atom. The number of hydrogen-bond acceptors (Lipinski definition) is 2. The molecule has 0 aliphatic carbocycles. The molecule has 0 bridgehead atoms. The summed E-state index contributed by atoms with van der Waals surface area (Å²) in [5, 5.41) is 0. The molecule has 2 aromatic heterocycles. The molecule has 2 aromatic rings. The van der Waals surface area contributed by atoms with Gasteiger partial charge in [0, 0.05) is 12.4 Å². The number of nitrogens with zero attached hydrogens (tertiary/aromatic N) is 1. The molecule has 0 aliphatic heterocycles. The maximum atomic E-state index is 11.6. The third-order valence-electron chi connectivity index (χ3n) is 1.79. The van der Waals surface area contributed by atoms with E-state index in [-0.39, 0.29) is 5.91 Å². The van der Waals surface area contributed by atoms with Gasteiger partial charge in [-0.3, -0.25) is 9.36 Å². The van der Waals surface area contributed by atoms with Crippen molar-refractivity contribution in [1.29, 1.82) is 0 Å². The van der Waals surface area contributed by atoms with Crippen LogP contribution in [0.3, 0.4) is 0 Å². The average Bonchev–Trinajstić information content (AvgIpc) is 2.72. The Labute approximate surface area is 75.6 Å². The van der Waals surface area contributed by atoms with Gasteiger partial charge in [-0.1, -0.05) is 0 Å². The monoisotopic (exact) mass is 175 g/mol. The van der Waals surface area contributed by atoms with Crippen LogP contribution in [0.15, 0.2) is 41.1 Å². The molecule has 3 nitrogen and oxygen atoms in total. The number of rotatable bonds is 1. The van der Waals surface area contributed by atoms with Gasteiger partial charge in [0.25, 0.3) is 5.91 Å². The quantitative estimate of drug-likeness (QED) is 0.665. The summed E-state index contributed by atoms with van der Waals surface area (Å²) in [4.78, 5) is 11.6. The highest BCUT2D eigenvalue weighted by Gasteiger charge is 2.10. The minimum atomic E-state index is -0.141. The largest absolute Gasteiger partial charge is 0.456 e. The zero-order valence-electron chi connectivity index (χ0n) is 7.23. The number of aryl methyl sites for hydroxylation is 1. The summed E-state index contributed by atoms with van der Waals surface area (Å²) in [5.41, 5.74) is 0. The number of aromatic nitrogens is 1. The standard InChI is InChI=1S/C10H9NO2/c1-8-4-5-9(13-8)10(12)11-6-2-3-7-11/h2-7H,1H3. The van der Waals surface area contributed by atoms with Gasteiger partial charge in [-0.25, -0.2) is 0 Å². The predicted molar refractivity (Wildman–Crippen MR) is 47.6 cm³/mol. The Balaban J connectivity index is 2.33. The van der Waals surface area contributed by atoms with Crippen LogP contribution in [0.5, 0.6) is 0 Å². The highest BCUT2D eigenvalue weighted by Crippen LogP contribution is 2.08. The highest BCUT2D eigenvalue weighted by atomic mass is 16.3. The van der Waals surface area contributed by atoms with E-state index in [0.29, 0.717) is 5.76 Å². The Bertz CT molecular complexity index is 412. The summed E-state index contributed by atoms with van der Waals surface area (Å²) >= 11 is 0. The summed E-state index contributed by atoms with van der Waals surface area (Å²) in [6, 6.07) is 7.05. The van der Waals surface area contributed by atoms with Gasteiger partial charge in [-0.2, -0.15) is 0 Å². The van der Waals surface area contributed by atoms with E-state index in [2.05, 4.69) is 0 Å². The van der Waals surface area contributed by atoms with Crippen molar-refractivity contribution in [1.82, 2.24) is 4.57 Å². The van der Waals surface area contributed by atoms with Crippen molar-refractivity contribution in [2.24, 2.45) is 0 Å². The molecule has 0 atom stereocenters. The topological polar surface area (TPSA) is 35.1 Å². The van der Waals surface area contributed by atoms with Gasteiger partial charge < -0.3 is 4.42 Å². The van der Waals surface area contributed by atoms with Crippen molar-refractivity contribution in [3.8, 4) is 0 Å². The molecule has 0 unspecified atom stereocenters. The van der Waals surface area contributed by atoms with Crippen LogP contribution < -0.4 is 0 Å². The van der Waals surface area contributed by atoms with Gasteiger partial charge in [0.1, 0.15) is 5.76 Å². The lowest BCUT2D eigenvalue weighted by Gasteiger charge is -1.96. The lowest BCUT2D eigenvalue weighted by molar-refractivity contribution is 0.0931. The Morgan fingerprint density at radius 1 is 1.31 bits per heavy atom. The smallest absolute Gasteiger partial charge is 0.297 e. The lowest BCUT2D eigenvalue weighted by Crippen LogP contribution is -2.07. The molecule has 0 N–H and O–H groups in total. The zero-order valence-corrected chi connectivity index (χ0v) is 7.23. The molecule has 0 aromatic carbocycles. The van der Waals surface area contributed by atoms with Crippen LogP contribution in [0, 0.1) is 6.92 Å². The number of hydrogen-bond donors (Lipinski definition) is 0. The molecule has 2 heterocycles. The second kappa shape index (κ2) is 2.94. The van der Waals surface area contributed by atoms with Crippen LogP contribution >= 0.6 is 0 Å². The first-order chi connectivity index (χ1) is 6.27. The molecule has 0 fully saturated rings. The first-order valence-electron chi connectivity index (χ1n) is 4.01. The fraction of sp³-hybridized carbons (Fsp3) is 0.100. The molecule has 2 rings (SSSR count). The van der Waals surface area contributed by atoms with Gasteiger partial charge in [0.2, 0.25) is 0 Å². The minimum absolute atomic E-state index is 0.141. The molecule has 0 saturated heterocycles. The van der Waals surface area contributed by atoms with Crippen molar-refractivity contribution >= 4 is 5.91 Å². The summed E-state index contributed by atoms with van der Waals surface area (Å²) in [7, 11) is 0. The number of carbonyl (C=O) groups excluding carboxylic acids is 1. The SMILES string of the molecule is Cc1ccc(C(=O)n2cccc2)o1. The summed E-state index contributed by atoms with van der Waals surface area (Å²) < 4.78 is 6.68. The van der Waals surface area contributed by atoms with Gasteiger partial charge in [0.15, 0.2) is 5.76 Å². The van der Waals surface area contributed by atoms with E-state index < -0.39 is 0 Å². The van der Waals surface area contributed by atoms with Crippen LogP contribution in [-0.4, -0.2) is 10.5 Å². The second-order valence-corrected chi connectivity index (χ2v) is 2.81. The normalized spacial score (nSPS) is 10.2. The van der Waals surface area contributed by atoms with Crippen molar-refractivity contribution in [2.75, 3.05) is 0 Å². The first kappa shape index (κ1) is 7.86. The molecule has 66 valence electrons. The Morgan fingerprint density at radius 3 is 2.54 bits per heavy atom. The van der Waals surface area contributed by atoms with Crippen LogP contribution in [0.2, 0.25) is 0 Å². The van der Waals surface area contributed by atoms with Gasteiger partial charge in [-0.05, 0) is 31.2 Å². The Hall–Kier alpha value is -1.77. The first-order valence-corrected chi connectivity index (χ1v) is 4.01. The molecule has 0 saturated carbocycles. The molecule has 0 spiro atoms. The van der Waals surface area contributed by atoms with E-state index in [1.165, 1.54) is 4.57 Å². The molecular weight excluding hydrogens is 166 g/mol. The van der Waals surface area contributed by atoms with Gasteiger partial charge in [-0.15, -0.1) is 0 Å². The molecule has 0 radical (unpaired) electrons. The van der Waals surface area contributed by atoms with Crippen LogP contribution in [0.1, 0.15) is 16.3 Å². The van der Waals surface area contributed by atoms with Crippen molar-refractivity contribution in [3.63, 3.8) is 0 Å². The minimum Gasteiger partial charge on any atom is -0.456 e. The second-order valence-electron chi connectivity index (χ2n) is 2.81. The Kier molecular flexibility index (Phi) is 1.77. The number of furan rings is 1. The zero-order chi connectivity index (χ0) is 9.26. The number of carbonyl (C=O) groups is 1. The van der Waals surface area contributed by atoms with Crippen LogP contribution in [0.4, 0.5) is 0 Å². The van der Waals surface area contributed by atoms with Crippen molar-refractivity contribution < 1.29 is 9.21 Å². The molecule has 0 amide bonds. The molecule has 13 heavy (non-hydrogen) atoms. The third kappa shape index (κ3) is 1.40. The van der Waals surface area contributed by atoms with Crippen LogP contribution in [-0.2, 0) is 0 Å². The van der Waals surface area contributed by atoms with E-state index in [9.17, 15) is 4.79 Å². The molecular formula is C10H9NO2. The summed E-state index contributed by atoms with van der Waals surface area (Å²) in [6.07, 6.45) is 3.39. The highest BCUT2D eigenvalue weighted by molar-refractivity contribution is 5.93. The lowest BCUT2D eigenvalue weighted by atomic mass is 10.4. The maximum absolute atomic E-state index is 11.6. The fourth-order valence-electron chi connectivity index (χ4n) is 1.15. The maximum Gasteiger partial charge on any atom is 0.297 e. The summed E-state index contributed by atoms with van der Waals surface area (Å²) in [6.45, 7) is 1.81. The van der Waals surface area contributed by atoms with E-state index in [1.54, 1.807) is 36.7 Å². The van der Waals surface area contributed by atoms with Gasteiger partial charge >= 0.3 is 0 Å². The van der Waals surface area contributed by atoms with Crippen molar-refractivity contribution in [2.45, 2.75) is 6.92 Å². The third-order valence-corrected chi connectivity index (χ3v) is 1.79. The fourth-order valence-corrected chi connectivity index (χ4v) is 1.15. The predicted octanol–water partition coefficient (Wildman–Crippen LogP) is 2.08. The summed E-state index contributed by atoms with van der Waals surface area (Å²) in [5.74, 6) is 0.974. The molecule has 3 heteroatoms. The average molecular weight is 175 g/mol. The van der Waals surface area contributed by atoms with E-state index in [4.69, 9.17) is 4.42 Å². The van der Waals surface area contributed by atoms with Gasteiger partial charge in [0.05, 0.1) is 0 Å². The van der Waals surface area contributed by atoms with Crippen molar-refractivity contribution in [3.05, 3.63) is 48.2 Å². The van der Waals surface area contributed by atoms with E-state index >= 15 is 0 Å². The van der Waals surface area contributed by atoms with E-state index in [1.807, 2.05) is 6.92 Å².